The monoisotopic (exact) mass is 438 g/mol. The second-order valence-electron chi connectivity index (χ2n) is 6.71. The molecule has 2 N–H and O–H groups in total. The molecule has 0 aliphatic carbocycles. The van der Waals surface area contributed by atoms with Crippen LogP contribution in [0.1, 0.15) is 28.8 Å². The van der Waals surface area contributed by atoms with Gasteiger partial charge in [0.05, 0.1) is 24.2 Å². The SMILES string of the molecule is COc1ccc(-c2nc(C(=O)N[C@@H](CCSC)c3nc4ccccc4[nH]3)cs2)cc1. The van der Waals surface area contributed by atoms with Gasteiger partial charge in [0.25, 0.3) is 5.91 Å². The Kier molecular flexibility index (Phi) is 6.35. The number of ether oxygens (including phenoxy) is 1. The molecule has 0 radical (unpaired) electrons. The van der Waals surface area contributed by atoms with Crippen molar-refractivity contribution in [3.05, 3.63) is 65.4 Å². The lowest BCUT2D eigenvalue weighted by molar-refractivity contribution is 0.0930. The van der Waals surface area contributed by atoms with Gasteiger partial charge < -0.3 is 15.0 Å². The van der Waals surface area contributed by atoms with Crippen molar-refractivity contribution in [1.29, 1.82) is 0 Å². The molecule has 6 nitrogen and oxygen atoms in total. The van der Waals surface area contributed by atoms with E-state index in [-0.39, 0.29) is 11.9 Å². The summed E-state index contributed by atoms with van der Waals surface area (Å²) in [4.78, 5) is 25.5. The maximum atomic E-state index is 12.9. The number of imidazole rings is 1. The van der Waals surface area contributed by atoms with E-state index >= 15 is 0 Å². The van der Waals surface area contributed by atoms with Gasteiger partial charge in [-0.25, -0.2) is 9.97 Å². The van der Waals surface area contributed by atoms with E-state index in [1.54, 1.807) is 24.3 Å². The molecule has 2 aromatic heterocycles. The van der Waals surface area contributed by atoms with Crippen molar-refractivity contribution in [1.82, 2.24) is 20.3 Å². The number of rotatable bonds is 8. The first-order valence-corrected chi connectivity index (χ1v) is 11.8. The molecule has 0 aliphatic rings. The average molecular weight is 439 g/mol. The van der Waals surface area contributed by atoms with Crippen LogP contribution < -0.4 is 10.1 Å². The zero-order chi connectivity index (χ0) is 20.9. The van der Waals surface area contributed by atoms with E-state index in [0.717, 1.165) is 45.4 Å². The summed E-state index contributed by atoms with van der Waals surface area (Å²) in [6, 6.07) is 15.3. The number of hydrogen-bond donors (Lipinski definition) is 2. The molecular formula is C22H22N4O2S2. The van der Waals surface area contributed by atoms with Gasteiger partial charge in [-0.3, -0.25) is 4.79 Å². The lowest BCUT2D eigenvalue weighted by Gasteiger charge is -2.15. The van der Waals surface area contributed by atoms with Crippen LogP contribution in [0.5, 0.6) is 5.75 Å². The number of nitrogens with one attached hydrogen (secondary N) is 2. The van der Waals surface area contributed by atoms with E-state index in [9.17, 15) is 4.79 Å². The normalized spacial score (nSPS) is 12.1. The number of thioether (sulfide) groups is 1. The van der Waals surface area contributed by atoms with Crippen LogP contribution in [0.2, 0.25) is 0 Å². The van der Waals surface area contributed by atoms with Gasteiger partial charge in [0.1, 0.15) is 22.3 Å². The lowest BCUT2D eigenvalue weighted by atomic mass is 10.2. The zero-order valence-corrected chi connectivity index (χ0v) is 18.3. The number of aromatic nitrogens is 3. The van der Waals surface area contributed by atoms with Gasteiger partial charge in [-0.15, -0.1) is 11.3 Å². The van der Waals surface area contributed by atoms with Crippen LogP contribution in [-0.4, -0.2) is 40.0 Å². The predicted molar refractivity (Wildman–Crippen MR) is 123 cm³/mol. The standard InChI is InChI=1S/C22H22N4O2S2/c1-28-15-9-7-14(8-10-15)22-26-19(13-30-22)21(27)25-18(11-12-29-2)20-23-16-5-3-4-6-17(16)24-20/h3-10,13,18H,11-12H2,1-2H3,(H,23,24)(H,25,27)/t18-/m0/s1. The molecule has 1 amide bonds. The highest BCUT2D eigenvalue weighted by Crippen LogP contribution is 2.26. The number of carbonyl (C=O) groups excluding carboxylic acids is 1. The molecule has 1 atom stereocenters. The third kappa shape index (κ3) is 4.49. The van der Waals surface area contributed by atoms with Crippen molar-refractivity contribution in [3.8, 4) is 16.3 Å². The Bertz CT molecular complexity index is 1100. The van der Waals surface area contributed by atoms with E-state index in [0.29, 0.717) is 5.69 Å². The maximum Gasteiger partial charge on any atom is 0.271 e. The Labute approximate surface area is 183 Å². The van der Waals surface area contributed by atoms with Crippen LogP contribution in [0.3, 0.4) is 0 Å². The lowest BCUT2D eigenvalue weighted by Crippen LogP contribution is -2.30. The molecule has 4 rings (SSSR count). The summed E-state index contributed by atoms with van der Waals surface area (Å²) in [5, 5.41) is 5.70. The van der Waals surface area contributed by atoms with Gasteiger partial charge >= 0.3 is 0 Å². The van der Waals surface area contributed by atoms with Crippen molar-refractivity contribution in [2.75, 3.05) is 19.1 Å². The predicted octanol–water partition coefficient (Wildman–Crippen LogP) is 4.92. The number of methoxy groups -OCH3 is 1. The fourth-order valence-electron chi connectivity index (χ4n) is 3.13. The van der Waals surface area contributed by atoms with Crippen molar-refractivity contribution in [2.24, 2.45) is 0 Å². The molecule has 0 unspecified atom stereocenters. The smallest absolute Gasteiger partial charge is 0.271 e. The molecule has 0 saturated carbocycles. The van der Waals surface area contributed by atoms with E-state index in [1.165, 1.54) is 11.3 Å². The zero-order valence-electron chi connectivity index (χ0n) is 16.7. The Morgan fingerprint density at radius 1 is 1.20 bits per heavy atom. The summed E-state index contributed by atoms with van der Waals surface area (Å²) in [7, 11) is 1.64. The highest BCUT2D eigenvalue weighted by atomic mass is 32.2. The fraction of sp³-hybridized carbons (Fsp3) is 0.227. The minimum absolute atomic E-state index is 0.197. The summed E-state index contributed by atoms with van der Waals surface area (Å²) in [6.07, 6.45) is 2.83. The van der Waals surface area contributed by atoms with E-state index < -0.39 is 0 Å². The first-order valence-electron chi connectivity index (χ1n) is 9.52. The van der Waals surface area contributed by atoms with Crippen LogP contribution >= 0.6 is 23.1 Å². The van der Waals surface area contributed by atoms with Crippen LogP contribution in [0, 0.1) is 0 Å². The van der Waals surface area contributed by atoms with E-state index in [2.05, 4.69) is 26.5 Å². The highest BCUT2D eigenvalue weighted by molar-refractivity contribution is 7.98. The van der Waals surface area contributed by atoms with E-state index in [4.69, 9.17) is 4.74 Å². The summed E-state index contributed by atoms with van der Waals surface area (Å²) >= 11 is 3.19. The number of amides is 1. The minimum Gasteiger partial charge on any atom is -0.497 e. The van der Waals surface area contributed by atoms with Gasteiger partial charge in [0.2, 0.25) is 0 Å². The third-order valence-electron chi connectivity index (χ3n) is 4.73. The summed E-state index contributed by atoms with van der Waals surface area (Å²) in [5.41, 5.74) is 3.23. The number of carbonyl (C=O) groups is 1. The van der Waals surface area contributed by atoms with Crippen LogP contribution in [0.25, 0.3) is 21.6 Å². The number of aromatic amines is 1. The van der Waals surface area contributed by atoms with Crippen LogP contribution in [-0.2, 0) is 0 Å². The number of fused-ring (bicyclic) bond motifs is 1. The molecule has 2 heterocycles. The van der Waals surface area contributed by atoms with Crippen molar-refractivity contribution < 1.29 is 9.53 Å². The molecule has 0 fully saturated rings. The van der Waals surface area contributed by atoms with Gasteiger partial charge in [-0.2, -0.15) is 11.8 Å². The van der Waals surface area contributed by atoms with Crippen LogP contribution in [0.15, 0.2) is 53.9 Å². The second-order valence-corrected chi connectivity index (χ2v) is 8.56. The quantitative estimate of drug-likeness (QED) is 0.408. The molecule has 30 heavy (non-hydrogen) atoms. The number of H-pyrrole nitrogens is 1. The molecular weight excluding hydrogens is 416 g/mol. The number of thiazole rings is 1. The Morgan fingerprint density at radius 3 is 2.73 bits per heavy atom. The van der Waals surface area contributed by atoms with Crippen molar-refractivity contribution >= 4 is 40.0 Å². The largest absolute Gasteiger partial charge is 0.497 e. The molecule has 8 heteroatoms. The van der Waals surface area contributed by atoms with Gasteiger partial charge in [-0.05, 0) is 54.8 Å². The summed E-state index contributed by atoms with van der Waals surface area (Å²) in [5.74, 6) is 2.27. The topological polar surface area (TPSA) is 79.9 Å². The number of benzene rings is 2. The van der Waals surface area contributed by atoms with Gasteiger partial charge in [0, 0.05) is 10.9 Å². The van der Waals surface area contributed by atoms with Gasteiger partial charge in [-0.1, -0.05) is 12.1 Å². The first-order chi connectivity index (χ1) is 14.7. The van der Waals surface area contributed by atoms with E-state index in [1.807, 2.05) is 48.5 Å². The second kappa shape index (κ2) is 9.32. The molecule has 0 bridgehead atoms. The van der Waals surface area contributed by atoms with Crippen molar-refractivity contribution in [2.45, 2.75) is 12.5 Å². The maximum absolute atomic E-state index is 12.9. The summed E-state index contributed by atoms with van der Waals surface area (Å²) < 4.78 is 5.20. The molecule has 154 valence electrons. The number of para-hydroxylation sites is 2. The first kappa shape index (κ1) is 20.4. The number of nitrogens with zero attached hydrogens (tertiary/aromatic N) is 2. The third-order valence-corrected chi connectivity index (χ3v) is 6.26. The van der Waals surface area contributed by atoms with Crippen molar-refractivity contribution in [3.63, 3.8) is 0 Å². The fourth-order valence-corrected chi connectivity index (χ4v) is 4.40. The molecule has 0 aliphatic heterocycles. The molecule has 2 aromatic carbocycles. The summed E-state index contributed by atoms with van der Waals surface area (Å²) in [6.45, 7) is 0. The Hall–Kier alpha value is -2.84. The molecule has 0 spiro atoms. The highest BCUT2D eigenvalue weighted by Gasteiger charge is 2.21. The Morgan fingerprint density at radius 2 is 2.00 bits per heavy atom. The minimum atomic E-state index is -0.205. The van der Waals surface area contributed by atoms with Gasteiger partial charge in [0.15, 0.2) is 0 Å². The molecule has 0 saturated heterocycles. The average Bonchev–Trinajstić information content (AvgIpc) is 3.44. The van der Waals surface area contributed by atoms with Crippen LogP contribution in [0.4, 0.5) is 0 Å². The molecule has 4 aromatic rings. The Balaban J connectivity index is 1.52. The number of hydrogen-bond acceptors (Lipinski definition) is 6.